The third-order valence-electron chi connectivity index (χ3n) is 2.49. The largest absolute Gasteiger partial charge is 0.389 e. The smallest absolute Gasteiger partial charge is 0.323 e. The molecule has 2 rings (SSSR count). The molecule has 102 valence electrons. The van der Waals surface area contributed by atoms with Crippen molar-refractivity contribution in [2.75, 3.05) is 10.6 Å². The molecule has 0 spiro atoms. The van der Waals surface area contributed by atoms with Crippen LogP contribution in [0.3, 0.4) is 0 Å². The van der Waals surface area contributed by atoms with Crippen molar-refractivity contribution in [3.63, 3.8) is 0 Å². The van der Waals surface area contributed by atoms with Crippen LogP contribution in [0.25, 0.3) is 0 Å². The summed E-state index contributed by atoms with van der Waals surface area (Å²) in [6.07, 6.45) is 0. The lowest BCUT2D eigenvalue weighted by Gasteiger charge is -2.08. The van der Waals surface area contributed by atoms with Crippen LogP contribution in [0.15, 0.2) is 48.5 Å². The van der Waals surface area contributed by atoms with Crippen molar-refractivity contribution in [2.45, 2.75) is 0 Å². The summed E-state index contributed by atoms with van der Waals surface area (Å²) in [4.78, 5) is 12.0. The molecule has 0 aliphatic rings. The molecule has 4 N–H and O–H groups in total. The Hall–Kier alpha value is -2.47. The first-order valence-electron chi connectivity index (χ1n) is 5.78. The van der Waals surface area contributed by atoms with Crippen LogP contribution in [0.2, 0.25) is 0 Å². The number of carbonyl (C=O) groups is 1. The Labute approximate surface area is 120 Å². The van der Waals surface area contributed by atoms with Crippen molar-refractivity contribution in [3.05, 3.63) is 59.9 Å². The van der Waals surface area contributed by atoms with Gasteiger partial charge in [-0.3, -0.25) is 0 Å². The molecule has 0 radical (unpaired) electrons. The van der Waals surface area contributed by atoms with Crippen molar-refractivity contribution in [1.82, 2.24) is 0 Å². The van der Waals surface area contributed by atoms with E-state index in [2.05, 4.69) is 10.6 Å². The Balaban J connectivity index is 2.04. The third-order valence-corrected chi connectivity index (χ3v) is 2.72. The van der Waals surface area contributed by atoms with E-state index in [-0.39, 0.29) is 4.99 Å². The lowest BCUT2D eigenvalue weighted by atomic mass is 10.2. The predicted octanol–water partition coefficient (Wildman–Crippen LogP) is 3.10. The summed E-state index contributed by atoms with van der Waals surface area (Å²) in [5.41, 5.74) is 7.09. The molecule has 0 aromatic heterocycles. The molecule has 0 aliphatic heterocycles. The van der Waals surface area contributed by atoms with Gasteiger partial charge in [0.05, 0.1) is 0 Å². The molecule has 6 heteroatoms. The fraction of sp³-hybridized carbons (Fsp3) is 0. The fourth-order valence-electron chi connectivity index (χ4n) is 1.61. The van der Waals surface area contributed by atoms with Crippen molar-refractivity contribution in [3.8, 4) is 0 Å². The third kappa shape index (κ3) is 3.76. The minimum Gasteiger partial charge on any atom is -0.389 e. The Morgan fingerprint density at radius 1 is 1.05 bits per heavy atom. The number of rotatable bonds is 3. The average Bonchev–Trinajstić information content (AvgIpc) is 2.38. The molecule has 0 bridgehead atoms. The highest BCUT2D eigenvalue weighted by Crippen LogP contribution is 2.13. The molecule has 2 aromatic rings. The van der Waals surface area contributed by atoms with E-state index < -0.39 is 11.8 Å². The second kappa shape index (κ2) is 6.12. The second-order valence-corrected chi connectivity index (χ2v) is 4.47. The number of thiocarbonyl (C=S) groups is 1. The van der Waals surface area contributed by atoms with E-state index in [9.17, 15) is 9.18 Å². The maximum Gasteiger partial charge on any atom is 0.323 e. The topological polar surface area (TPSA) is 67.1 Å². The van der Waals surface area contributed by atoms with E-state index in [1.807, 2.05) is 0 Å². The Bertz CT molecular complexity index is 660. The van der Waals surface area contributed by atoms with Gasteiger partial charge in [0, 0.05) is 16.9 Å². The Morgan fingerprint density at radius 3 is 2.25 bits per heavy atom. The summed E-state index contributed by atoms with van der Waals surface area (Å²) in [6.45, 7) is 0. The Morgan fingerprint density at radius 2 is 1.65 bits per heavy atom. The molecule has 0 saturated heterocycles. The van der Waals surface area contributed by atoms with Crippen LogP contribution in [-0.4, -0.2) is 11.0 Å². The van der Waals surface area contributed by atoms with Crippen LogP contribution in [0, 0.1) is 5.82 Å². The second-order valence-electron chi connectivity index (χ2n) is 4.03. The van der Waals surface area contributed by atoms with Crippen LogP contribution < -0.4 is 16.4 Å². The molecule has 0 fully saturated rings. The highest BCUT2D eigenvalue weighted by atomic mass is 32.1. The van der Waals surface area contributed by atoms with E-state index in [4.69, 9.17) is 18.0 Å². The number of urea groups is 1. The van der Waals surface area contributed by atoms with Crippen molar-refractivity contribution in [1.29, 1.82) is 0 Å². The van der Waals surface area contributed by atoms with Crippen LogP contribution >= 0.6 is 12.2 Å². The number of benzene rings is 2. The van der Waals surface area contributed by atoms with Crippen molar-refractivity contribution in [2.24, 2.45) is 5.73 Å². The predicted molar refractivity (Wildman–Crippen MR) is 81.4 cm³/mol. The minimum atomic E-state index is -0.476. The van der Waals surface area contributed by atoms with Gasteiger partial charge in [0.15, 0.2) is 0 Å². The van der Waals surface area contributed by atoms with Gasteiger partial charge in [0.2, 0.25) is 0 Å². The van der Waals surface area contributed by atoms with Gasteiger partial charge in [-0.25, -0.2) is 9.18 Å². The van der Waals surface area contributed by atoms with Gasteiger partial charge < -0.3 is 16.4 Å². The summed E-state index contributed by atoms with van der Waals surface area (Å²) in [6, 6.07) is 12.0. The molecule has 0 saturated carbocycles. The summed E-state index contributed by atoms with van der Waals surface area (Å²) < 4.78 is 13.0. The van der Waals surface area contributed by atoms with Gasteiger partial charge in [-0.2, -0.15) is 0 Å². The molecule has 2 amide bonds. The number of halogens is 1. The number of nitrogens with one attached hydrogen (secondary N) is 2. The van der Waals surface area contributed by atoms with Crippen LogP contribution in [0.4, 0.5) is 20.6 Å². The first-order valence-corrected chi connectivity index (χ1v) is 6.19. The zero-order valence-electron chi connectivity index (χ0n) is 10.4. The summed E-state index contributed by atoms with van der Waals surface area (Å²) in [7, 11) is 0. The van der Waals surface area contributed by atoms with E-state index in [0.717, 1.165) is 0 Å². The van der Waals surface area contributed by atoms with E-state index in [1.165, 1.54) is 18.2 Å². The Kier molecular flexibility index (Phi) is 4.27. The first-order chi connectivity index (χ1) is 9.54. The van der Waals surface area contributed by atoms with Gasteiger partial charge in [0.25, 0.3) is 0 Å². The number of hydrogen-bond donors (Lipinski definition) is 3. The number of nitrogens with two attached hydrogens (primary N) is 1. The molecule has 0 aliphatic carbocycles. The lowest BCUT2D eigenvalue weighted by molar-refractivity contribution is 0.262. The van der Waals surface area contributed by atoms with Gasteiger partial charge in [-0.15, -0.1) is 0 Å². The molecule has 0 unspecified atom stereocenters. The first kappa shape index (κ1) is 14.0. The molecule has 20 heavy (non-hydrogen) atoms. The van der Waals surface area contributed by atoms with Gasteiger partial charge in [-0.1, -0.05) is 30.4 Å². The summed E-state index contributed by atoms with van der Waals surface area (Å²) in [5, 5.41) is 5.14. The maximum absolute atomic E-state index is 13.0. The van der Waals surface area contributed by atoms with Crippen LogP contribution in [0.1, 0.15) is 5.56 Å². The molecular formula is C14H12FN3OS. The minimum absolute atomic E-state index is 0.249. The number of amides is 2. The lowest BCUT2D eigenvalue weighted by Crippen LogP contribution is -2.20. The quantitative estimate of drug-likeness (QED) is 0.761. The standard InChI is InChI=1S/C14H12FN3OS/c15-10-4-2-6-12(8-10)18-14(19)17-11-5-1-3-9(7-11)13(16)20/h1-8H,(H2,16,20)(H2,17,18,19). The monoisotopic (exact) mass is 289 g/mol. The molecule has 4 nitrogen and oxygen atoms in total. The zero-order chi connectivity index (χ0) is 14.5. The highest BCUT2D eigenvalue weighted by Gasteiger charge is 2.04. The fourth-order valence-corrected chi connectivity index (χ4v) is 1.74. The van der Waals surface area contributed by atoms with E-state index in [0.29, 0.717) is 16.9 Å². The summed E-state index contributed by atoms with van der Waals surface area (Å²) in [5.74, 6) is -0.418. The summed E-state index contributed by atoms with van der Waals surface area (Å²) >= 11 is 4.86. The highest BCUT2D eigenvalue weighted by molar-refractivity contribution is 7.80. The zero-order valence-corrected chi connectivity index (χ0v) is 11.2. The van der Waals surface area contributed by atoms with Crippen molar-refractivity contribution >= 4 is 34.6 Å². The molecule has 0 heterocycles. The molecular weight excluding hydrogens is 277 g/mol. The molecule has 0 atom stereocenters. The molecule has 2 aromatic carbocycles. The van der Waals surface area contributed by atoms with Crippen molar-refractivity contribution < 1.29 is 9.18 Å². The van der Waals surface area contributed by atoms with Crippen LogP contribution in [-0.2, 0) is 0 Å². The SMILES string of the molecule is NC(=S)c1cccc(NC(=O)Nc2cccc(F)c2)c1. The maximum atomic E-state index is 13.0. The number of carbonyl (C=O) groups excluding carboxylic acids is 1. The number of hydrogen-bond acceptors (Lipinski definition) is 2. The van der Waals surface area contributed by atoms with Crippen LogP contribution in [0.5, 0.6) is 0 Å². The van der Waals surface area contributed by atoms with E-state index >= 15 is 0 Å². The average molecular weight is 289 g/mol. The number of anilines is 2. The van der Waals surface area contributed by atoms with Gasteiger partial charge in [-0.05, 0) is 30.3 Å². The van der Waals surface area contributed by atoms with Gasteiger partial charge >= 0.3 is 6.03 Å². The normalized spacial score (nSPS) is 9.85. The van der Waals surface area contributed by atoms with E-state index in [1.54, 1.807) is 30.3 Å². The van der Waals surface area contributed by atoms with Gasteiger partial charge in [0.1, 0.15) is 10.8 Å².